The first-order chi connectivity index (χ1) is 8.97. The van der Waals surface area contributed by atoms with Gasteiger partial charge in [0.2, 0.25) is 0 Å². The maximum Gasteiger partial charge on any atom is 0.330 e. The first-order valence-electron chi connectivity index (χ1n) is 6.08. The van der Waals surface area contributed by atoms with Crippen LogP contribution in [0.3, 0.4) is 0 Å². The summed E-state index contributed by atoms with van der Waals surface area (Å²) in [7, 11) is 0. The Bertz CT molecular complexity index is 589. The minimum Gasteiger partial charge on any atom is -0.463 e. The van der Waals surface area contributed by atoms with Crippen LogP contribution in [0.4, 0.5) is 0 Å². The fourth-order valence-corrected chi connectivity index (χ4v) is 2.02. The van der Waals surface area contributed by atoms with E-state index in [9.17, 15) is 14.4 Å². The number of nitrogens with one attached hydrogen (secondary N) is 1. The molecule has 0 aliphatic carbocycles. The summed E-state index contributed by atoms with van der Waals surface area (Å²) >= 11 is 0. The van der Waals surface area contributed by atoms with E-state index in [-0.39, 0.29) is 18.7 Å². The summed E-state index contributed by atoms with van der Waals surface area (Å²) in [5.74, 6) is -0.357. The monoisotopic (exact) mass is 268 g/mol. The Labute approximate surface area is 109 Å². The Morgan fingerprint density at radius 3 is 2.95 bits per heavy atom. The highest BCUT2D eigenvalue weighted by molar-refractivity contribution is 5.65. The predicted octanol–water partition coefficient (Wildman–Crippen LogP) is 0.0857. The Morgan fingerprint density at radius 1 is 1.53 bits per heavy atom. The van der Waals surface area contributed by atoms with Gasteiger partial charge in [0.15, 0.2) is 0 Å². The lowest BCUT2D eigenvalue weighted by Gasteiger charge is -2.15. The molecule has 19 heavy (non-hydrogen) atoms. The van der Waals surface area contributed by atoms with Crippen molar-refractivity contribution >= 4 is 5.97 Å². The normalized spacial score (nSPS) is 22.4. The van der Waals surface area contributed by atoms with Gasteiger partial charge >= 0.3 is 11.7 Å². The second-order valence-corrected chi connectivity index (χ2v) is 4.57. The van der Waals surface area contributed by atoms with Crippen LogP contribution in [0, 0.1) is 6.92 Å². The molecule has 1 N–H and O–H groups in total. The highest BCUT2D eigenvalue weighted by Crippen LogP contribution is 2.27. The zero-order chi connectivity index (χ0) is 14.0. The molecule has 0 spiro atoms. The minimum absolute atomic E-state index is 0.183. The molecule has 104 valence electrons. The molecule has 1 saturated heterocycles. The van der Waals surface area contributed by atoms with Gasteiger partial charge in [-0.1, -0.05) is 0 Å². The summed E-state index contributed by atoms with van der Waals surface area (Å²) in [4.78, 5) is 35.9. The van der Waals surface area contributed by atoms with Gasteiger partial charge in [0, 0.05) is 18.7 Å². The van der Waals surface area contributed by atoms with Crippen molar-refractivity contribution in [3.05, 3.63) is 32.6 Å². The summed E-state index contributed by atoms with van der Waals surface area (Å²) in [6, 6.07) is 0. The number of aromatic nitrogens is 2. The van der Waals surface area contributed by atoms with Crippen LogP contribution in [0.25, 0.3) is 0 Å². The third-order valence-electron chi connectivity index (χ3n) is 3.01. The van der Waals surface area contributed by atoms with Crippen molar-refractivity contribution in [3.8, 4) is 0 Å². The third-order valence-corrected chi connectivity index (χ3v) is 3.01. The molecule has 0 amide bonds. The van der Waals surface area contributed by atoms with Crippen molar-refractivity contribution in [1.82, 2.24) is 9.55 Å². The quantitative estimate of drug-likeness (QED) is 0.784. The third kappa shape index (κ3) is 3.11. The van der Waals surface area contributed by atoms with E-state index in [4.69, 9.17) is 9.47 Å². The van der Waals surface area contributed by atoms with E-state index in [2.05, 4.69) is 4.98 Å². The van der Waals surface area contributed by atoms with Gasteiger partial charge in [-0.25, -0.2) is 4.79 Å². The Kier molecular flexibility index (Phi) is 3.84. The lowest BCUT2D eigenvalue weighted by molar-refractivity contribution is -0.145. The molecule has 7 nitrogen and oxygen atoms in total. The topological polar surface area (TPSA) is 90.4 Å². The van der Waals surface area contributed by atoms with E-state index in [1.807, 2.05) is 0 Å². The number of esters is 1. The summed E-state index contributed by atoms with van der Waals surface area (Å²) in [5.41, 5.74) is -0.434. The lowest BCUT2D eigenvalue weighted by Crippen LogP contribution is -2.33. The molecule has 1 aromatic rings. The molecule has 0 radical (unpaired) electrons. The molecule has 1 aliphatic heterocycles. The van der Waals surface area contributed by atoms with Crippen molar-refractivity contribution in [3.63, 3.8) is 0 Å². The van der Waals surface area contributed by atoms with E-state index in [0.717, 1.165) is 0 Å². The van der Waals surface area contributed by atoms with Gasteiger partial charge < -0.3 is 9.47 Å². The zero-order valence-electron chi connectivity index (χ0n) is 10.8. The highest BCUT2D eigenvalue weighted by Gasteiger charge is 2.28. The number of aromatic amines is 1. The molecule has 2 heterocycles. The van der Waals surface area contributed by atoms with Gasteiger partial charge in [-0.15, -0.1) is 0 Å². The van der Waals surface area contributed by atoms with Gasteiger partial charge in [-0.2, -0.15) is 0 Å². The average Bonchev–Trinajstić information content (AvgIpc) is 2.80. The number of hydrogen-bond acceptors (Lipinski definition) is 5. The number of H-pyrrole nitrogens is 1. The fourth-order valence-electron chi connectivity index (χ4n) is 2.02. The molecule has 0 bridgehead atoms. The van der Waals surface area contributed by atoms with Crippen molar-refractivity contribution in [2.45, 2.75) is 39.0 Å². The second kappa shape index (κ2) is 5.40. The Balaban J connectivity index is 2.09. The van der Waals surface area contributed by atoms with Crippen molar-refractivity contribution < 1.29 is 14.3 Å². The van der Waals surface area contributed by atoms with E-state index in [0.29, 0.717) is 18.4 Å². The van der Waals surface area contributed by atoms with Crippen LogP contribution < -0.4 is 11.2 Å². The fraction of sp³-hybridized carbons (Fsp3) is 0.583. The van der Waals surface area contributed by atoms with Crippen molar-refractivity contribution in [2.24, 2.45) is 0 Å². The molecule has 0 aromatic carbocycles. The lowest BCUT2D eigenvalue weighted by atomic mass is 10.2. The second-order valence-electron chi connectivity index (χ2n) is 4.57. The van der Waals surface area contributed by atoms with E-state index < -0.39 is 17.5 Å². The number of rotatable bonds is 3. The van der Waals surface area contributed by atoms with Crippen LogP contribution in [-0.2, 0) is 14.3 Å². The van der Waals surface area contributed by atoms with Crippen LogP contribution in [0.1, 0.15) is 31.6 Å². The van der Waals surface area contributed by atoms with Gasteiger partial charge in [0.25, 0.3) is 5.56 Å². The predicted molar refractivity (Wildman–Crippen MR) is 65.8 cm³/mol. The van der Waals surface area contributed by atoms with Crippen molar-refractivity contribution in [2.75, 3.05) is 6.61 Å². The number of carbonyl (C=O) groups is 1. The van der Waals surface area contributed by atoms with Crippen LogP contribution in [-0.4, -0.2) is 28.2 Å². The van der Waals surface area contributed by atoms with Crippen LogP contribution in [0.15, 0.2) is 15.8 Å². The van der Waals surface area contributed by atoms with Gasteiger partial charge in [-0.05, 0) is 19.8 Å². The maximum atomic E-state index is 11.7. The molecular weight excluding hydrogens is 252 g/mol. The first-order valence-corrected chi connectivity index (χ1v) is 6.08. The number of ether oxygens (including phenoxy) is 2. The van der Waals surface area contributed by atoms with Crippen LogP contribution in [0.5, 0.6) is 0 Å². The van der Waals surface area contributed by atoms with Crippen LogP contribution >= 0.6 is 0 Å². The number of hydrogen-bond donors (Lipinski definition) is 1. The molecule has 7 heteroatoms. The maximum absolute atomic E-state index is 11.7. The average molecular weight is 268 g/mol. The molecule has 2 atom stereocenters. The number of carbonyl (C=O) groups excluding carboxylic acids is 1. The molecular formula is C12H16N2O5. The number of nitrogens with zero attached hydrogens (tertiary/aromatic N) is 1. The summed E-state index contributed by atoms with van der Waals surface area (Å²) in [5, 5.41) is 0. The molecule has 1 aliphatic rings. The van der Waals surface area contributed by atoms with Crippen molar-refractivity contribution in [1.29, 1.82) is 0 Å². The summed E-state index contributed by atoms with van der Waals surface area (Å²) in [6.45, 7) is 3.14. The van der Waals surface area contributed by atoms with E-state index >= 15 is 0 Å². The first kappa shape index (κ1) is 13.5. The van der Waals surface area contributed by atoms with E-state index in [1.165, 1.54) is 17.7 Å². The number of aryl methyl sites for hydroxylation is 1. The molecule has 1 unspecified atom stereocenters. The van der Waals surface area contributed by atoms with Gasteiger partial charge in [0.1, 0.15) is 12.8 Å². The zero-order valence-corrected chi connectivity index (χ0v) is 10.8. The largest absolute Gasteiger partial charge is 0.463 e. The highest BCUT2D eigenvalue weighted by atomic mass is 16.6. The van der Waals surface area contributed by atoms with Crippen LogP contribution in [0.2, 0.25) is 0 Å². The summed E-state index contributed by atoms with van der Waals surface area (Å²) in [6.07, 6.45) is 2.18. The smallest absolute Gasteiger partial charge is 0.330 e. The SMILES string of the molecule is CC(=O)OCC1CC[C@@H](n2cc(C)c(=O)[nH]c2=O)O1. The van der Waals surface area contributed by atoms with Gasteiger partial charge in [0.05, 0.1) is 6.10 Å². The summed E-state index contributed by atoms with van der Waals surface area (Å²) < 4.78 is 11.9. The van der Waals surface area contributed by atoms with E-state index in [1.54, 1.807) is 6.92 Å². The molecule has 2 rings (SSSR count). The van der Waals surface area contributed by atoms with Gasteiger partial charge in [-0.3, -0.25) is 19.1 Å². The molecule has 1 aromatic heterocycles. The molecule has 1 fully saturated rings. The minimum atomic E-state index is -0.492. The molecule has 0 saturated carbocycles. The Morgan fingerprint density at radius 2 is 2.26 bits per heavy atom. The Hall–Kier alpha value is -1.89. The standard InChI is InChI=1S/C12H16N2O5/c1-7-5-14(12(17)13-11(7)16)10-4-3-9(19-10)6-18-8(2)15/h5,9-10H,3-4,6H2,1-2H3,(H,13,16,17)/t9?,10-/m0/s1.